The molecule has 1 aliphatic rings. The van der Waals surface area contributed by atoms with Crippen LogP contribution < -0.4 is 11.1 Å². The summed E-state index contributed by atoms with van der Waals surface area (Å²) in [6.07, 6.45) is 2.59. The second-order valence-electron chi connectivity index (χ2n) is 7.25. The van der Waals surface area contributed by atoms with Crippen molar-refractivity contribution in [2.75, 3.05) is 5.32 Å². The fraction of sp³-hybridized carbons (Fsp3) is 0.588. The molecule has 0 spiro atoms. The van der Waals surface area contributed by atoms with Crippen molar-refractivity contribution in [3.8, 4) is 0 Å². The Kier molecular flexibility index (Phi) is 4.02. The Balaban J connectivity index is 2.16. The van der Waals surface area contributed by atoms with Gasteiger partial charge in [0, 0.05) is 11.2 Å². The number of amides is 1. The number of nitrogens with one attached hydrogen (secondary N) is 1. The van der Waals surface area contributed by atoms with E-state index < -0.39 is 11.7 Å². The van der Waals surface area contributed by atoms with Gasteiger partial charge in [-0.1, -0.05) is 6.07 Å². The Morgan fingerprint density at radius 3 is 2.48 bits per heavy atom. The van der Waals surface area contributed by atoms with Gasteiger partial charge in [-0.05, 0) is 76.6 Å². The molecule has 1 aromatic rings. The highest BCUT2D eigenvalue weighted by Gasteiger charge is 2.38. The maximum absolute atomic E-state index is 11.9. The van der Waals surface area contributed by atoms with E-state index >= 15 is 0 Å². The average Bonchev–Trinajstić information content (AvgIpc) is 3.00. The molecule has 4 nitrogen and oxygen atoms in total. The smallest absolute Gasteiger partial charge is 0.412 e. The molecule has 0 atom stereocenters. The molecule has 116 valence electrons. The van der Waals surface area contributed by atoms with Crippen LogP contribution in [0.5, 0.6) is 0 Å². The van der Waals surface area contributed by atoms with Crippen LogP contribution in [0.1, 0.15) is 50.3 Å². The van der Waals surface area contributed by atoms with Gasteiger partial charge in [-0.25, -0.2) is 4.79 Å². The Morgan fingerprint density at radius 1 is 1.33 bits per heavy atom. The molecule has 0 unspecified atom stereocenters. The third kappa shape index (κ3) is 4.46. The van der Waals surface area contributed by atoms with E-state index in [9.17, 15) is 4.79 Å². The summed E-state index contributed by atoms with van der Waals surface area (Å²) in [6, 6.07) is 4.17. The maximum atomic E-state index is 11.9. The van der Waals surface area contributed by atoms with Gasteiger partial charge in [0.2, 0.25) is 0 Å². The number of anilines is 1. The molecule has 3 N–H and O–H groups in total. The highest BCUT2D eigenvalue weighted by atomic mass is 16.6. The molecule has 2 rings (SSSR count). The number of carbonyl (C=O) groups is 1. The summed E-state index contributed by atoms with van der Waals surface area (Å²) in [6.45, 7) is 9.61. The quantitative estimate of drug-likeness (QED) is 0.892. The molecule has 4 heteroatoms. The molecule has 0 heterocycles. The van der Waals surface area contributed by atoms with Gasteiger partial charge in [-0.3, -0.25) is 5.32 Å². The number of hydrogen-bond acceptors (Lipinski definition) is 3. The standard InChI is InChI=1S/C17H26N2O2/c1-11-8-13(10-17(18)6-7-17)9-14(12(11)2)19-15(20)21-16(3,4)5/h8-9H,6-7,10,18H2,1-5H3,(H,19,20). The van der Waals surface area contributed by atoms with Crippen molar-refractivity contribution in [1.29, 1.82) is 0 Å². The number of benzene rings is 1. The first-order chi connectivity index (χ1) is 9.58. The SMILES string of the molecule is Cc1cc(CC2(N)CC2)cc(NC(=O)OC(C)(C)C)c1C. The lowest BCUT2D eigenvalue weighted by Gasteiger charge is -2.21. The van der Waals surface area contributed by atoms with Crippen molar-refractivity contribution in [1.82, 2.24) is 0 Å². The Hall–Kier alpha value is -1.55. The Labute approximate surface area is 127 Å². The summed E-state index contributed by atoms with van der Waals surface area (Å²) >= 11 is 0. The second kappa shape index (κ2) is 5.34. The van der Waals surface area contributed by atoms with E-state index in [-0.39, 0.29) is 5.54 Å². The second-order valence-corrected chi connectivity index (χ2v) is 7.25. The minimum absolute atomic E-state index is 0.0368. The maximum Gasteiger partial charge on any atom is 0.412 e. The van der Waals surface area contributed by atoms with E-state index in [1.54, 1.807) is 0 Å². The largest absolute Gasteiger partial charge is 0.444 e. The van der Waals surface area contributed by atoms with Gasteiger partial charge in [-0.2, -0.15) is 0 Å². The predicted octanol–water partition coefficient (Wildman–Crippen LogP) is 3.68. The molecule has 1 fully saturated rings. The molecular weight excluding hydrogens is 264 g/mol. The van der Waals surface area contributed by atoms with Crippen molar-refractivity contribution < 1.29 is 9.53 Å². The molecule has 1 aromatic carbocycles. The fourth-order valence-electron chi connectivity index (χ4n) is 2.32. The minimum Gasteiger partial charge on any atom is -0.444 e. The van der Waals surface area contributed by atoms with Crippen LogP contribution in [0.4, 0.5) is 10.5 Å². The minimum atomic E-state index is -0.500. The van der Waals surface area contributed by atoms with Crippen molar-refractivity contribution >= 4 is 11.8 Å². The first kappa shape index (κ1) is 15.8. The number of hydrogen-bond donors (Lipinski definition) is 2. The van der Waals surface area contributed by atoms with Gasteiger partial charge in [-0.15, -0.1) is 0 Å². The zero-order chi connectivity index (χ0) is 15.8. The highest BCUT2D eigenvalue weighted by Crippen LogP contribution is 2.36. The third-order valence-corrected chi connectivity index (χ3v) is 3.81. The first-order valence-electron chi connectivity index (χ1n) is 7.47. The zero-order valence-corrected chi connectivity index (χ0v) is 13.7. The molecule has 21 heavy (non-hydrogen) atoms. The van der Waals surface area contributed by atoms with Crippen LogP contribution in [0.2, 0.25) is 0 Å². The van der Waals surface area contributed by atoms with Crippen molar-refractivity contribution in [3.63, 3.8) is 0 Å². The van der Waals surface area contributed by atoms with Gasteiger partial charge in [0.05, 0.1) is 0 Å². The van der Waals surface area contributed by atoms with E-state index in [4.69, 9.17) is 10.5 Å². The lowest BCUT2D eigenvalue weighted by molar-refractivity contribution is 0.0636. The van der Waals surface area contributed by atoms with Gasteiger partial charge in [0.1, 0.15) is 5.60 Å². The predicted molar refractivity (Wildman–Crippen MR) is 85.6 cm³/mol. The number of carbonyl (C=O) groups excluding carboxylic acids is 1. The summed E-state index contributed by atoms with van der Waals surface area (Å²) < 4.78 is 5.31. The number of ether oxygens (including phenoxy) is 1. The summed E-state index contributed by atoms with van der Waals surface area (Å²) in [5.41, 5.74) is 9.85. The van der Waals surface area contributed by atoms with Crippen LogP contribution >= 0.6 is 0 Å². The summed E-state index contributed by atoms with van der Waals surface area (Å²) in [4.78, 5) is 11.9. The van der Waals surface area contributed by atoms with Gasteiger partial charge >= 0.3 is 6.09 Å². The lowest BCUT2D eigenvalue weighted by atomic mass is 9.98. The van der Waals surface area contributed by atoms with Crippen LogP contribution in [0.15, 0.2) is 12.1 Å². The van der Waals surface area contributed by atoms with Crippen LogP contribution in [0.25, 0.3) is 0 Å². The van der Waals surface area contributed by atoms with E-state index in [1.807, 2.05) is 33.8 Å². The Morgan fingerprint density at radius 2 is 1.95 bits per heavy atom. The normalized spacial score (nSPS) is 16.5. The van der Waals surface area contributed by atoms with Crippen molar-refractivity contribution in [2.45, 2.75) is 65.0 Å². The van der Waals surface area contributed by atoms with Crippen LogP contribution in [-0.2, 0) is 11.2 Å². The molecule has 0 radical (unpaired) electrons. The summed E-state index contributed by atoms with van der Waals surface area (Å²) in [5.74, 6) is 0. The van der Waals surface area contributed by atoms with Crippen molar-refractivity contribution in [3.05, 3.63) is 28.8 Å². The number of rotatable bonds is 3. The topological polar surface area (TPSA) is 64.3 Å². The fourth-order valence-corrected chi connectivity index (χ4v) is 2.32. The van der Waals surface area contributed by atoms with Gasteiger partial charge in [0.25, 0.3) is 0 Å². The Bertz CT molecular complexity index is 555. The molecule has 0 aromatic heterocycles. The molecule has 1 saturated carbocycles. The van der Waals surface area contributed by atoms with Crippen LogP contribution in [0.3, 0.4) is 0 Å². The third-order valence-electron chi connectivity index (χ3n) is 3.81. The van der Waals surface area contributed by atoms with E-state index in [0.717, 1.165) is 36.1 Å². The molecule has 0 aliphatic heterocycles. The van der Waals surface area contributed by atoms with E-state index in [0.29, 0.717) is 0 Å². The lowest BCUT2D eigenvalue weighted by Crippen LogP contribution is -2.28. The molecule has 0 saturated heterocycles. The number of aryl methyl sites for hydroxylation is 1. The van der Waals surface area contributed by atoms with Crippen molar-refractivity contribution in [2.24, 2.45) is 5.73 Å². The van der Waals surface area contributed by atoms with Gasteiger partial charge in [0.15, 0.2) is 0 Å². The van der Waals surface area contributed by atoms with E-state index in [2.05, 4.69) is 18.3 Å². The monoisotopic (exact) mass is 290 g/mol. The summed E-state index contributed by atoms with van der Waals surface area (Å²) in [5, 5.41) is 2.85. The number of nitrogens with two attached hydrogens (primary N) is 1. The molecule has 0 bridgehead atoms. The molecule has 1 aliphatic carbocycles. The highest BCUT2D eigenvalue weighted by molar-refractivity contribution is 5.86. The average molecular weight is 290 g/mol. The van der Waals surface area contributed by atoms with Crippen LogP contribution in [0, 0.1) is 13.8 Å². The molecular formula is C17H26N2O2. The zero-order valence-electron chi connectivity index (χ0n) is 13.7. The van der Waals surface area contributed by atoms with Crippen LogP contribution in [-0.4, -0.2) is 17.2 Å². The summed E-state index contributed by atoms with van der Waals surface area (Å²) in [7, 11) is 0. The first-order valence-corrected chi connectivity index (χ1v) is 7.47. The molecule has 1 amide bonds. The van der Waals surface area contributed by atoms with Gasteiger partial charge < -0.3 is 10.5 Å². The van der Waals surface area contributed by atoms with E-state index in [1.165, 1.54) is 5.56 Å².